The van der Waals surface area contributed by atoms with Gasteiger partial charge in [-0.05, 0) is 37.4 Å². The molecule has 126 valence electrons. The maximum atomic E-state index is 12.3. The molecule has 0 fully saturated rings. The van der Waals surface area contributed by atoms with Gasteiger partial charge in [-0.3, -0.25) is 4.79 Å². The minimum atomic E-state index is 0.0584. The van der Waals surface area contributed by atoms with Gasteiger partial charge in [0.2, 0.25) is 0 Å². The molecule has 1 amide bonds. The molecular weight excluding hydrogens is 338 g/mol. The number of likely N-dealkylation sites (N-methyl/N-ethyl adjacent to an activating group) is 1. The second-order valence-corrected chi connectivity index (χ2v) is 8.11. The van der Waals surface area contributed by atoms with Crippen molar-refractivity contribution in [1.29, 1.82) is 0 Å². The SMILES string of the molecule is C[C@@H](NC(=O)C[NH+](C)[C@@H](C)c1nc2ccccc2s1)c1cccs1. The molecule has 3 atom stereocenters. The Bertz CT molecular complexity index is 780. The smallest absolute Gasteiger partial charge is 0.275 e. The highest BCUT2D eigenvalue weighted by molar-refractivity contribution is 7.18. The second-order valence-electron chi connectivity index (χ2n) is 6.07. The number of thiazole rings is 1. The summed E-state index contributed by atoms with van der Waals surface area (Å²) < 4.78 is 1.20. The number of carbonyl (C=O) groups is 1. The number of aromatic nitrogens is 1. The number of nitrogens with one attached hydrogen (secondary N) is 2. The van der Waals surface area contributed by atoms with Crippen molar-refractivity contribution < 1.29 is 9.69 Å². The van der Waals surface area contributed by atoms with Gasteiger partial charge in [0.05, 0.1) is 23.3 Å². The van der Waals surface area contributed by atoms with Crippen LogP contribution in [0.15, 0.2) is 41.8 Å². The van der Waals surface area contributed by atoms with E-state index in [1.807, 2.05) is 43.6 Å². The van der Waals surface area contributed by atoms with E-state index < -0.39 is 0 Å². The topological polar surface area (TPSA) is 46.4 Å². The van der Waals surface area contributed by atoms with Gasteiger partial charge in [-0.1, -0.05) is 18.2 Å². The van der Waals surface area contributed by atoms with Crippen molar-refractivity contribution in [3.05, 3.63) is 51.7 Å². The van der Waals surface area contributed by atoms with Crippen LogP contribution in [-0.2, 0) is 4.79 Å². The lowest BCUT2D eigenvalue weighted by Gasteiger charge is -2.20. The standard InChI is InChI=1S/C18H21N3OS2/c1-12(15-9-6-10-23-15)19-17(22)11-21(3)13(2)18-20-14-7-4-5-8-16(14)24-18/h4-10,12-13H,11H2,1-3H3,(H,19,22)/p+1/t12-,13+/m1/s1. The summed E-state index contributed by atoms with van der Waals surface area (Å²) in [7, 11) is 2.05. The molecule has 1 aromatic carbocycles. The molecule has 24 heavy (non-hydrogen) atoms. The van der Waals surface area contributed by atoms with Crippen LogP contribution in [0.2, 0.25) is 0 Å². The Morgan fingerprint density at radius 3 is 2.75 bits per heavy atom. The summed E-state index contributed by atoms with van der Waals surface area (Å²) in [6.45, 7) is 4.59. The first kappa shape index (κ1) is 17.1. The molecule has 2 N–H and O–H groups in total. The third kappa shape index (κ3) is 3.83. The zero-order valence-corrected chi connectivity index (χ0v) is 15.7. The Labute approximate surface area is 150 Å². The van der Waals surface area contributed by atoms with Crippen LogP contribution in [0, 0.1) is 0 Å². The highest BCUT2D eigenvalue weighted by Crippen LogP contribution is 2.24. The first-order valence-corrected chi connectivity index (χ1v) is 9.74. The second kappa shape index (κ2) is 7.42. The van der Waals surface area contributed by atoms with Gasteiger partial charge in [-0.2, -0.15) is 0 Å². The number of quaternary nitrogens is 1. The number of nitrogens with zero attached hydrogens (tertiary/aromatic N) is 1. The quantitative estimate of drug-likeness (QED) is 0.710. The lowest BCUT2D eigenvalue weighted by molar-refractivity contribution is -0.902. The van der Waals surface area contributed by atoms with Crippen molar-refractivity contribution >= 4 is 38.8 Å². The molecule has 0 aliphatic rings. The van der Waals surface area contributed by atoms with Gasteiger partial charge in [0.25, 0.3) is 5.91 Å². The van der Waals surface area contributed by atoms with Gasteiger partial charge in [0.15, 0.2) is 11.6 Å². The number of carbonyl (C=O) groups excluding carboxylic acids is 1. The Hall–Kier alpha value is -1.76. The van der Waals surface area contributed by atoms with Crippen LogP contribution < -0.4 is 10.2 Å². The molecule has 4 nitrogen and oxygen atoms in total. The third-order valence-electron chi connectivity index (χ3n) is 4.21. The van der Waals surface area contributed by atoms with Crippen molar-refractivity contribution in [2.75, 3.05) is 13.6 Å². The van der Waals surface area contributed by atoms with Crippen LogP contribution in [0.1, 0.15) is 35.8 Å². The Balaban J connectivity index is 1.61. The first-order chi connectivity index (χ1) is 11.5. The molecule has 0 spiro atoms. The fourth-order valence-electron chi connectivity index (χ4n) is 2.59. The highest BCUT2D eigenvalue weighted by atomic mass is 32.1. The maximum absolute atomic E-state index is 12.3. The molecule has 3 aromatic rings. The predicted molar refractivity (Wildman–Crippen MR) is 101 cm³/mol. The lowest BCUT2D eigenvalue weighted by atomic mass is 10.2. The number of thiophene rings is 1. The maximum Gasteiger partial charge on any atom is 0.275 e. The molecule has 3 rings (SSSR count). The summed E-state index contributed by atoms with van der Waals surface area (Å²) in [6, 6.07) is 12.5. The van der Waals surface area contributed by atoms with Crippen LogP contribution in [0.5, 0.6) is 0 Å². The fourth-order valence-corrected chi connectivity index (χ4v) is 4.44. The summed E-state index contributed by atoms with van der Waals surface area (Å²) >= 11 is 3.38. The van der Waals surface area contributed by atoms with E-state index in [1.54, 1.807) is 22.7 Å². The minimum Gasteiger partial charge on any atom is -0.344 e. The van der Waals surface area contributed by atoms with Crippen molar-refractivity contribution in [1.82, 2.24) is 10.3 Å². The van der Waals surface area contributed by atoms with E-state index >= 15 is 0 Å². The van der Waals surface area contributed by atoms with E-state index in [4.69, 9.17) is 4.98 Å². The Morgan fingerprint density at radius 2 is 2.04 bits per heavy atom. The van der Waals surface area contributed by atoms with Crippen LogP contribution in [0.25, 0.3) is 10.2 Å². The molecule has 1 unspecified atom stereocenters. The number of fused-ring (bicyclic) bond motifs is 1. The number of benzene rings is 1. The predicted octanol–water partition coefficient (Wildman–Crippen LogP) is 2.81. The first-order valence-electron chi connectivity index (χ1n) is 8.05. The average molecular weight is 361 g/mol. The molecular formula is C18H22N3OS2+. The molecule has 0 aliphatic carbocycles. The summed E-state index contributed by atoms with van der Waals surface area (Å²) in [5.41, 5.74) is 1.04. The number of amides is 1. The van der Waals surface area contributed by atoms with E-state index in [0.29, 0.717) is 6.54 Å². The summed E-state index contributed by atoms with van der Waals surface area (Å²) in [5.74, 6) is 0.0707. The highest BCUT2D eigenvalue weighted by Gasteiger charge is 2.22. The Morgan fingerprint density at radius 1 is 1.25 bits per heavy atom. The van der Waals surface area contributed by atoms with E-state index in [-0.39, 0.29) is 18.0 Å². The largest absolute Gasteiger partial charge is 0.344 e. The van der Waals surface area contributed by atoms with E-state index in [1.165, 1.54) is 9.58 Å². The monoisotopic (exact) mass is 360 g/mol. The zero-order valence-electron chi connectivity index (χ0n) is 14.1. The molecule has 2 aromatic heterocycles. The van der Waals surface area contributed by atoms with Crippen LogP contribution >= 0.6 is 22.7 Å². The van der Waals surface area contributed by atoms with Crippen LogP contribution in [0.4, 0.5) is 0 Å². The summed E-state index contributed by atoms with van der Waals surface area (Å²) in [4.78, 5) is 19.4. The van der Waals surface area contributed by atoms with Gasteiger partial charge >= 0.3 is 0 Å². The van der Waals surface area contributed by atoms with Crippen molar-refractivity contribution in [2.24, 2.45) is 0 Å². The van der Waals surface area contributed by atoms with E-state index in [0.717, 1.165) is 15.4 Å². The van der Waals surface area contributed by atoms with E-state index in [2.05, 4.69) is 24.4 Å². The van der Waals surface area contributed by atoms with Crippen LogP contribution in [-0.4, -0.2) is 24.5 Å². The molecule has 0 saturated carbocycles. The molecule has 0 aliphatic heterocycles. The molecule has 6 heteroatoms. The molecule has 0 saturated heterocycles. The average Bonchev–Trinajstić information content (AvgIpc) is 3.23. The van der Waals surface area contributed by atoms with E-state index in [9.17, 15) is 4.79 Å². The summed E-state index contributed by atoms with van der Waals surface area (Å²) in [6.07, 6.45) is 0. The number of rotatable bonds is 6. The van der Waals surface area contributed by atoms with Gasteiger partial charge in [0.1, 0.15) is 6.04 Å². The molecule has 2 heterocycles. The number of hydrogen-bond donors (Lipinski definition) is 2. The van der Waals surface area contributed by atoms with Crippen molar-refractivity contribution in [3.8, 4) is 0 Å². The summed E-state index contributed by atoms with van der Waals surface area (Å²) in [5, 5.41) is 6.19. The van der Waals surface area contributed by atoms with Crippen molar-refractivity contribution in [2.45, 2.75) is 25.9 Å². The Kier molecular flexibility index (Phi) is 5.28. The minimum absolute atomic E-state index is 0.0584. The molecule has 0 radical (unpaired) electrons. The van der Waals surface area contributed by atoms with Gasteiger partial charge < -0.3 is 10.2 Å². The number of hydrogen-bond acceptors (Lipinski definition) is 4. The van der Waals surface area contributed by atoms with Gasteiger partial charge in [-0.15, -0.1) is 22.7 Å². The zero-order chi connectivity index (χ0) is 17.1. The van der Waals surface area contributed by atoms with Crippen molar-refractivity contribution in [3.63, 3.8) is 0 Å². The third-order valence-corrected chi connectivity index (χ3v) is 6.48. The fraction of sp³-hybridized carbons (Fsp3) is 0.333. The number of para-hydroxylation sites is 1. The van der Waals surface area contributed by atoms with Gasteiger partial charge in [-0.25, -0.2) is 4.98 Å². The molecule has 0 bridgehead atoms. The normalized spacial score (nSPS) is 15.1. The lowest BCUT2D eigenvalue weighted by Crippen LogP contribution is -3.10. The van der Waals surface area contributed by atoms with Crippen LogP contribution in [0.3, 0.4) is 0 Å². The van der Waals surface area contributed by atoms with Gasteiger partial charge in [0, 0.05) is 4.88 Å².